The monoisotopic (exact) mass is 285 g/mol. The number of anilines is 2. The average molecular weight is 285 g/mol. The van der Waals surface area contributed by atoms with Crippen LogP contribution in [0.15, 0.2) is 36.7 Å². The number of hydrogen-bond donors (Lipinski definition) is 2. The standard InChI is InChI=1S/C15H19N5O/c16-13-3-1-2-12(8-13)11-21-15-10-18-9-14(19-15)20-6-4-17-5-7-20/h1-3,8-10,17H,4-7,11,16H2. The van der Waals surface area contributed by atoms with Crippen molar-refractivity contribution >= 4 is 11.5 Å². The Labute approximate surface area is 124 Å². The second-order valence-corrected chi connectivity index (χ2v) is 4.99. The number of rotatable bonds is 4. The van der Waals surface area contributed by atoms with Gasteiger partial charge in [0, 0.05) is 31.9 Å². The smallest absolute Gasteiger partial charge is 0.234 e. The molecule has 0 unspecified atom stereocenters. The lowest BCUT2D eigenvalue weighted by Gasteiger charge is -2.28. The van der Waals surface area contributed by atoms with Crippen LogP contribution in [0.4, 0.5) is 11.5 Å². The van der Waals surface area contributed by atoms with Crippen molar-refractivity contribution in [3.8, 4) is 5.88 Å². The van der Waals surface area contributed by atoms with Gasteiger partial charge < -0.3 is 20.7 Å². The Morgan fingerprint density at radius 2 is 2.10 bits per heavy atom. The third-order valence-electron chi connectivity index (χ3n) is 3.38. The molecule has 1 saturated heterocycles. The fourth-order valence-electron chi connectivity index (χ4n) is 2.29. The topological polar surface area (TPSA) is 76.3 Å². The number of piperazine rings is 1. The Bertz CT molecular complexity index is 598. The van der Waals surface area contributed by atoms with E-state index in [2.05, 4.69) is 20.2 Å². The number of nitrogen functional groups attached to an aromatic ring is 1. The first-order valence-electron chi connectivity index (χ1n) is 7.06. The number of benzene rings is 1. The molecule has 0 atom stereocenters. The van der Waals surface area contributed by atoms with Crippen LogP contribution in [0.1, 0.15) is 5.56 Å². The van der Waals surface area contributed by atoms with Gasteiger partial charge in [0.15, 0.2) is 5.82 Å². The summed E-state index contributed by atoms with van der Waals surface area (Å²) in [5, 5.41) is 3.32. The molecule has 2 heterocycles. The van der Waals surface area contributed by atoms with Crippen LogP contribution in [-0.2, 0) is 6.61 Å². The molecule has 0 spiro atoms. The van der Waals surface area contributed by atoms with Crippen LogP contribution in [0.25, 0.3) is 0 Å². The lowest BCUT2D eigenvalue weighted by atomic mass is 10.2. The van der Waals surface area contributed by atoms with Crippen molar-refractivity contribution in [1.82, 2.24) is 15.3 Å². The molecular formula is C15H19N5O. The van der Waals surface area contributed by atoms with Gasteiger partial charge in [-0.25, -0.2) is 0 Å². The molecule has 0 radical (unpaired) electrons. The number of nitrogens with one attached hydrogen (secondary N) is 1. The number of nitrogens with zero attached hydrogens (tertiary/aromatic N) is 3. The molecular weight excluding hydrogens is 266 g/mol. The number of nitrogens with two attached hydrogens (primary N) is 1. The summed E-state index contributed by atoms with van der Waals surface area (Å²) >= 11 is 0. The highest BCUT2D eigenvalue weighted by Gasteiger charge is 2.12. The van der Waals surface area contributed by atoms with Crippen molar-refractivity contribution in [2.45, 2.75) is 6.61 Å². The van der Waals surface area contributed by atoms with Gasteiger partial charge in [0.05, 0.1) is 12.4 Å². The average Bonchev–Trinajstić information content (AvgIpc) is 2.54. The van der Waals surface area contributed by atoms with E-state index in [1.54, 1.807) is 12.4 Å². The Hall–Kier alpha value is -2.34. The summed E-state index contributed by atoms with van der Waals surface area (Å²) < 4.78 is 5.71. The molecule has 6 nitrogen and oxygen atoms in total. The molecule has 0 saturated carbocycles. The SMILES string of the molecule is Nc1cccc(COc2cncc(N3CCNCC3)n2)c1. The predicted octanol–water partition coefficient (Wildman–Crippen LogP) is 1.05. The summed E-state index contributed by atoms with van der Waals surface area (Å²) in [6.45, 7) is 4.25. The molecule has 0 aliphatic carbocycles. The first-order valence-corrected chi connectivity index (χ1v) is 7.06. The molecule has 1 aromatic heterocycles. The van der Waals surface area contributed by atoms with Crippen LogP contribution >= 0.6 is 0 Å². The molecule has 1 aliphatic rings. The van der Waals surface area contributed by atoms with Gasteiger partial charge in [-0.2, -0.15) is 4.98 Å². The summed E-state index contributed by atoms with van der Waals surface area (Å²) in [5.41, 5.74) is 7.50. The minimum atomic E-state index is 0.435. The number of aromatic nitrogens is 2. The lowest BCUT2D eigenvalue weighted by molar-refractivity contribution is 0.292. The number of ether oxygens (including phenoxy) is 1. The summed E-state index contributed by atoms with van der Waals surface area (Å²) in [6, 6.07) is 7.64. The fourth-order valence-corrected chi connectivity index (χ4v) is 2.29. The fraction of sp³-hybridized carbons (Fsp3) is 0.333. The van der Waals surface area contributed by atoms with Crippen LogP contribution in [0.5, 0.6) is 5.88 Å². The summed E-state index contributed by atoms with van der Waals surface area (Å²) in [7, 11) is 0. The molecule has 110 valence electrons. The Kier molecular flexibility index (Phi) is 4.16. The summed E-state index contributed by atoms with van der Waals surface area (Å²) in [6.07, 6.45) is 3.41. The molecule has 1 fully saturated rings. The third kappa shape index (κ3) is 3.61. The Morgan fingerprint density at radius 3 is 2.90 bits per heavy atom. The van der Waals surface area contributed by atoms with Crippen LogP contribution < -0.4 is 20.7 Å². The number of hydrogen-bond acceptors (Lipinski definition) is 6. The quantitative estimate of drug-likeness (QED) is 0.818. The van der Waals surface area contributed by atoms with Crippen molar-refractivity contribution in [3.05, 3.63) is 42.2 Å². The molecule has 1 aromatic carbocycles. The molecule has 0 bridgehead atoms. The highest BCUT2D eigenvalue weighted by atomic mass is 16.5. The van der Waals surface area contributed by atoms with Gasteiger partial charge in [-0.15, -0.1) is 0 Å². The zero-order valence-corrected chi connectivity index (χ0v) is 11.8. The molecule has 1 aliphatic heterocycles. The van der Waals surface area contributed by atoms with E-state index in [4.69, 9.17) is 10.5 Å². The van der Waals surface area contributed by atoms with Crippen molar-refractivity contribution in [1.29, 1.82) is 0 Å². The zero-order valence-electron chi connectivity index (χ0n) is 11.8. The van der Waals surface area contributed by atoms with E-state index in [-0.39, 0.29) is 0 Å². The van der Waals surface area contributed by atoms with Gasteiger partial charge in [0.1, 0.15) is 6.61 Å². The highest BCUT2D eigenvalue weighted by molar-refractivity contribution is 5.41. The van der Waals surface area contributed by atoms with E-state index in [1.807, 2.05) is 24.3 Å². The van der Waals surface area contributed by atoms with Crippen LogP contribution in [0.3, 0.4) is 0 Å². The van der Waals surface area contributed by atoms with Crippen molar-refractivity contribution in [2.75, 3.05) is 36.8 Å². The Balaban J connectivity index is 1.65. The van der Waals surface area contributed by atoms with Crippen molar-refractivity contribution in [2.24, 2.45) is 0 Å². The maximum absolute atomic E-state index is 5.75. The largest absolute Gasteiger partial charge is 0.472 e. The minimum Gasteiger partial charge on any atom is -0.472 e. The molecule has 3 rings (SSSR count). The normalized spacial score (nSPS) is 15.0. The van der Waals surface area contributed by atoms with Gasteiger partial charge in [0.2, 0.25) is 5.88 Å². The summed E-state index contributed by atoms with van der Waals surface area (Å²) in [5.74, 6) is 1.40. The van der Waals surface area contributed by atoms with Crippen LogP contribution in [0.2, 0.25) is 0 Å². The second kappa shape index (κ2) is 6.41. The van der Waals surface area contributed by atoms with Gasteiger partial charge in [0.25, 0.3) is 0 Å². The van der Waals surface area contributed by atoms with E-state index in [0.29, 0.717) is 12.5 Å². The predicted molar refractivity (Wildman–Crippen MR) is 82.3 cm³/mol. The highest BCUT2D eigenvalue weighted by Crippen LogP contribution is 2.16. The maximum atomic E-state index is 5.75. The van der Waals surface area contributed by atoms with Gasteiger partial charge in [-0.3, -0.25) is 4.98 Å². The van der Waals surface area contributed by atoms with Gasteiger partial charge >= 0.3 is 0 Å². The molecule has 0 amide bonds. The Morgan fingerprint density at radius 1 is 1.24 bits per heavy atom. The van der Waals surface area contributed by atoms with Crippen LogP contribution in [0, 0.1) is 0 Å². The van der Waals surface area contributed by atoms with Crippen LogP contribution in [-0.4, -0.2) is 36.1 Å². The molecule has 21 heavy (non-hydrogen) atoms. The molecule has 6 heteroatoms. The van der Waals surface area contributed by atoms with E-state index in [1.165, 1.54) is 0 Å². The second-order valence-electron chi connectivity index (χ2n) is 4.99. The lowest BCUT2D eigenvalue weighted by Crippen LogP contribution is -2.43. The van der Waals surface area contributed by atoms with E-state index in [0.717, 1.165) is 43.2 Å². The third-order valence-corrected chi connectivity index (χ3v) is 3.38. The molecule has 2 aromatic rings. The van der Waals surface area contributed by atoms with Crippen molar-refractivity contribution in [3.63, 3.8) is 0 Å². The van der Waals surface area contributed by atoms with Crippen molar-refractivity contribution < 1.29 is 4.74 Å². The maximum Gasteiger partial charge on any atom is 0.234 e. The molecule has 3 N–H and O–H groups in total. The van der Waals surface area contributed by atoms with Gasteiger partial charge in [-0.05, 0) is 17.7 Å². The van der Waals surface area contributed by atoms with Gasteiger partial charge in [-0.1, -0.05) is 12.1 Å². The first kappa shape index (κ1) is 13.6. The zero-order chi connectivity index (χ0) is 14.5. The minimum absolute atomic E-state index is 0.435. The van der Waals surface area contributed by atoms with E-state index in [9.17, 15) is 0 Å². The summed E-state index contributed by atoms with van der Waals surface area (Å²) in [4.78, 5) is 10.9. The van der Waals surface area contributed by atoms with E-state index < -0.39 is 0 Å². The van der Waals surface area contributed by atoms with E-state index >= 15 is 0 Å². The first-order chi connectivity index (χ1) is 10.3.